The highest BCUT2D eigenvalue weighted by Gasteiger charge is 2.49. The minimum absolute atomic E-state index is 0.119. The summed E-state index contributed by atoms with van der Waals surface area (Å²) in [6.07, 6.45) is 0. The van der Waals surface area contributed by atoms with Crippen LogP contribution in [0.5, 0.6) is 5.75 Å². The van der Waals surface area contributed by atoms with Gasteiger partial charge in [0.15, 0.2) is 5.60 Å². The summed E-state index contributed by atoms with van der Waals surface area (Å²) >= 11 is 6.12. The molecule has 0 bridgehead atoms. The molecule has 0 aromatic heterocycles. The molecule has 3 aromatic rings. The van der Waals surface area contributed by atoms with Crippen molar-refractivity contribution in [1.29, 1.82) is 0 Å². The second-order valence-electron chi connectivity index (χ2n) is 7.50. The van der Waals surface area contributed by atoms with Gasteiger partial charge in [0, 0.05) is 21.7 Å². The summed E-state index contributed by atoms with van der Waals surface area (Å²) in [6.45, 7) is 5.97. The first-order chi connectivity index (χ1) is 13.3. The first-order valence-corrected chi connectivity index (χ1v) is 9.65. The number of esters is 1. The van der Waals surface area contributed by atoms with Gasteiger partial charge in [0.1, 0.15) is 5.75 Å². The van der Waals surface area contributed by atoms with Crippen LogP contribution in [0.3, 0.4) is 0 Å². The molecular formula is C24H21ClO3. The average molecular weight is 393 g/mol. The number of rotatable bonds is 3. The van der Waals surface area contributed by atoms with Crippen LogP contribution in [0, 0.1) is 6.92 Å². The summed E-state index contributed by atoms with van der Waals surface area (Å²) in [5, 5.41) is 11.1. The van der Waals surface area contributed by atoms with Gasteiger partial charge in [0.2, 0.25) is 0 Å². The molecule has 0 radical (unpaired) electrons. The molecule has 28 heavy (non-hydrogen) atoms. The normalized spacial score (nSPS) is 18.2. The maximum absolute atomic E-state index is 12.8. The minimum Gasteiger partial charge on any atom is -0.508 e. The fourth-order valence-electron chi connectivity index (χ4n) is 4.02. The number of halogens is 1. The quantitative estimate of drug-likeness (QED) is 0.561. The molecule has 4 heteroatoms. The predicted octanol–water partition coefficient (Wildman–Crippen LogP) is 5.94. The van der Waals surface area contributed by atoms with E-state index in [2.05, 4.69) is 0 Å². The van der Waals surface area contributed by atoms with Gasteiger partial charge in [-0.1, -0.05) is 55.8 Å². The van der Waals surface area contributed by atoms with Gasteiger partial charge in [-0.3, -0.25) is 0 Å². The number of cyclic esters (lactones) is 1. The summed E-state index contributed by atoms with van der Waals surface area (Å²) in [4.78, 5) is 12.8. The number of carbonyl (C=O) groups excluding carboxylic acids is 1. The maximum atomic E-state index is 12.8. The van der Waals surface area contributed by atoms with E-state index in [1.807, 2.05) is 57.2 Å². The third-order valence-corrected chi connectivity index (χ3v) is 5.65. The maximum Gasteiger partial charge on any atom is 0.340 e. The Morgan fingerprint density at radius 2 is 1.68 bits per heavy atom. The molecule has 0 amide bonds. The van der Waals surface area contributed by atoms with E-state index >= 15 is 0 Å². The van der Waals surface area contributed by atoms with Gasteiger partial charge in [-0.25, -0.2) is 4.79 Å². The molecule has 0 spiro atoms. The van der Waals surface area contributed by atoms with Crippen LogP contribution in [0.25, 0.3) is 0 Å². The largest absolute Gasteiger partial charge is 0.508 e. The molecule has 0 aliphatic carbocycles. The Labute approximate surface area is 169 Å². The van der Waals surface area contributed by atoms with Crippen molar-refractivity contribution in [2.45, 2.75) is 32.3 Å². The molecule has 1 atom stereocenters. The molecule has 0 saturated heterocycles. The molecule has 4 rings (SSSR count). The van der Waals surface area contributed by atoms with Crippen molar-refractivity contribution in [1.82, 2.24) is 0 Å². The number of aryl methyl sites for hydroxylation is 1. The molecule has 1 aliphatic heterocycles. The first kappa shape index (κ1) is 18.6. The number of phenolic OH excluding ortho intramolecular Hbond substituents is 1. The summed E-state index contributed by atoms with van der Waals surface area (Å²) in [7, 11) is 0. The van der Waals surface area contributed by atoms with Gasteiger partial charge in [-0.15, -0.1) is 0 Å². The van der Waals surface area contributed by atoms with Crippen molar-refractivity contribution < 1.29 is 14.6 Å². The minimum atomic E-state index is -1.08. The van der Waals surface area contributed by atoms with Crippen molar-refractivity contribution in [3.05, 3.63) is 99.1 Å². The standard InChI is InChI=1S/C24H21ClO3/c1-14(2)19-13-21(15(3)12-22(19)26)24(16-8-10-17(25)11-9-16)20-7-5-4-6-18(20)23(27)28-24/h4-14,26H,1-3H3/t24-/m0/s1. The molecule has 0 unspecified atom stereocenters. The van der Waals surface area contributed by atoms with Crippen molar-refractivity contribution in [3.8, 4) is 5.75 Å². The monoisotopic (exact) mass is 392 g/mol. The highest BCUT2D eigenvalue weighted by molar-refractivity contribution is 6.30. The van der Waals surface area contributed by atoms with E-state index < -0.39 is 5.60 Å². The van der Waals surface area contributed by atoms with E-state index in [4.69, 9.17) is 16.3 Å². The zero-order valence-corrected chi connectivity index (χ0v) is 16.7. The fourth-order valence-corrected chi connectivity index (χ4v) is 4.15. The lowest BCUT2D eigenvalue weighted by atomic mass is 9.77. The lowest BCUT2D eigenvalue weighted by Gasteiger charge is -2.32. The van der Waals surface area contributed by atoms with Crippen molar-refractivity contribution in [2.24, 2.45) is 0 Å². The van der Waals surface area contributed by atoms with Crippen LogP contribution in [-0.4, -0.2) is 11.1 Å². The SMILES string of the molecule is Cc1cc(O)c(C(C)C)cc1[C@@]1(c2ccc(Cl)cc2)OC(=O)c2ccccc21. The third kappa shape index (κ3) is 2.70. The summed E-state index contributed by atoms with van der Waals surface area (Å²) in [5.74, 6) is 0.0122. The van der Waals surface area contributed by atoms with Crippen LogP contribution in [-0.2, 0) is 10.3 Å². The number of carbonyl (C=O) groups is 1. The van der Waals surface area contributed by atoms with Crippen LogP contribution in [0.1, 0.15) is 57.9 Å². The van der Waals surface area contributed by atoms with Crippen LogP contribution in [0.15, 0.2) is 60.7 Å². The molecule has 3 aromatic carbocycles. The average Bonchev–Trinajstić information content (AvgIpc) is 2.96. The van der Waals surface area contributed by atoms with Gasteiger partial charge in [0.25, 0.3) is 0 Å². The second-order valence-corrected chi connectivity index (χ2v) is 7.94. The van der Waals surface area contributed by atoms with Gasteiger partial charge >= 0.3 is 5.97 Å². The van der Waals surface area contributed by atoms with Gasteiger partial charge in [-0.05, 0) is 54.3 Å². The number of phenols is 1. The number of benzene rings is 3. The van der Waals surface area contributed by atoms with E-state index in [1.54, 1.807) is 24.3 Å². The summed E-state index contributed by atoms with van der Waals surface area (Å²) < 4.78 is 6.12. The second kappa shape index (κ2) is 6.68. The zero-order chi connectivity index (χ0) is 20.1. The Balaban J connectivity index is 2.09. The van der Waals surface area contributed by atoms with E-state index in [0.717, 1.165) is 27.8 Å². The Hall–Kier alpha value is -2.78. The highest BCUT2D eigenvalue weighted by Crippen LogP contribution is 2.49. The van der Waals surface area contributed by atoms with Crippen molar-refractivity contribution in [3.63, 3.8) is 0 Å². The first-order valence-electron chi connectivity index (χ1n) is 9.27. The highest BCUT2D eigenvalue weighted by atomic mass is 35.5. The zero-order valence-electron chi connectivity index (χ0n) is 16.0. The molecular weight excluding hydrogens is 372 g/mol. The summed E-state index contributed by atoms with van der Waals surface area (Å²) in [6, 6.07) is 18.5. The number of aromatic hydroxyl groups is 1. The van der Waals surface area contributed by atoms with E-state index in [9.17, 15) is 9.90 Å². The van der Waals surface area contributed by atoms with Gasteiger partial charge in [-0.2, -0.15) is 0 Å². The fraction of sp³-hybridized carbons (Fsp3) is 0.208. The number of hydrogen-bond donors (Lipinski definition) is 1. The lowest BCUT2D eigenvalue weighted by molar-refractivity contribution is 0.0249. The van der Waals surface area contributed by atoms with Gasteiger partial charge in [0.05, 0.1) is 5.56 Å². The molecule has 1 heterocycles. The van der Waals surface area contributed by atoms with E-state index in [0.29, 0.717) is 10.6 Å². The van der Waals surface area contributed by atoms with E-state index in [1.165, 1.54) is 0 Å². The van der Waals surface area contributed by atoms with Crippen molar-refractivity contribution in [2.75, 3.05) is 0 Å². The van der Waals surface area contributed by atoms with Crippen LogP contribution in [0.2, 0.25) is 5.02 Å². The Morgan fingerprint density at radius 3 is 2.36 bits per heavy atom. The van der Waals surface area contributed by atoms with Crippen LogP contribution in [0.4, 0.5) is 0 Å². The summed E-state index contributed by atoms with van der Waals surface area (Å²) in [5.41, 5.74) is 3.59. The van der Waals surface area contributed by atoms with E-state index in [-0.39, 0.29) is 17.6 Å². The topological polar surface area (TPSA) is 46.5 Å². The Bertz CT molecular complexity index is 1070. The molecule has 3 nitrogen and oxygen atoms in total. The van der Waals surface area contributed by atoms with Gasteiger partial charge < -0.3 is 9.84 Å². The number of fused-ring (bicyclic) bond motifs is 1. The smallest absolute Gasteiger partial charge is 0.340 e. The molecule has 142 valence electrons. The lowest BCUT2D eigenvalue weighted by Crippen LogP contribution is -2.30. The van der Waals surface area contributed by atoms with Crippen LogP contribution >= 0.6 is 11.6 Å². The molecule has 1 N–H and O–H groups in total. The third-order valence-electron chi connectivity index (χ3n) is 5.40. The predicted molar refractivity (Wildman–Crippen MR) is 110 cm³/mol. The van der Waals surface area contributed by atoms with Crippen LogP contribution < -0.4 is 0 Å². The van der Waals surface area contributed by atoms with Crippen molar-refractivity contribution >= 4 is 17.6 Å². The molecule has 0 fully saturated rings. The number of ether oxygens (including phenoxy) is 1. The Morgan fingerprint density at radius 1 is 1.00 bits per heavy atom. The Kier molecular flexibility index (Phi) is 4.43. The molecule has 0 saturated carbocycles. The number of hydrogen-bond acceptors (Lipinski definition) is 3. The molecule has 1 aliphatic rings.